The fraction of sp³-hybridized carbons (Fsp3) is 0.458. The summed E-state index contributed by atoms with van der Waals surface area (Å²) in [5, 5.41) is 4.30. The quantitative estimate of drug-likeness (QED) is 0.335. The third-order valence-electron chi connectivity index (χ3n) is 5.99. The van der Waals surface area contributed by atoms with Crippen molar-refractivity contribution in [3.8, 4) is 5.75 Å². The van der Waals surface area contributed by atoms with E-state index in [4.69, 9.17) is 17.4 Å². The summed E-state index contributed by atoms with van der Waals surface area (Å²) in [6.07, 6.45) is 8.09. The summed E-state index contributed by atoms with van der Waals surface area (Å²) in [6, 6.07) is 6.01. The second kappa shape index (κ2) is 11.3. The number of carbonyl (C=O) groups excluding carboxylic acids is 2. The molecule has 1 saturated carbocycles. The molecule has 4 rings (SSSR count). The molecular formula is C24H29ClFN3O3S. The molecule has 9 heteroatoms. The average Bonchev–Trinajstić information content (AvgIpc) is 3.55. The minimum atomic E-state index is -0.572. The molecule has 1 aromatic carbocycles. The van der Waals surface area contributed by atoms with E-state index in [1.807, 2.05) is 6.08 Å². The standard InChI is InChI=1S/C24H28FN3O3S.ClH/c1-2-22(29)31-18-13-26-28(15-18)12-9-17-14-27(11-10-21(17)32)23(24(30)16-7-8-16)19-5-3-4-6-20(19)25;/h3-6,9,13,15-16,21,23,32H,2,7-8,10-12,14H2,1H3;1H/b17-9-;. The Morgan fingerprint density at radius 2 is 2.06 bits per heavy atom. The molecule has 178 valence electrons. The highest BCUT2D eigenvalue weighted by atomic mass is 35.5. The summed E-state index contributed by atoms with van der Waals surface area (Å²) in [5.74, 6) is -0.0790. The lowest BCUT2D eigenvalue weighted by Gasteiger charge is -2.37. The molecule has 0 amide bonds. The summed E-state index contributed by atoms with van der Waals surface area (Å²) >= 11 is 4.73. The SMILES string of the molecule is CCC(=O)Oc1cnn(C/C=C2/CN(C(C(=O)C3CC3)c3ccccc3F)CCC2S)c1.Cl. The van der Waals surface area contributed by atoms with Crippen LogP contribution in [0.4, 0.5) is 4.39 Å². The van der Waals surface area contributed by atoms with Crippen molar-refractivity contribution < 1.29 is 18.7 Å². The molecule has 1 aromatic heterocycles. The van der Waals surface area contributed by atoms with E-state index in [2.05, 4.69) is 10.00 Å². The molecule has 2 atom stereocenters. The van der Waals surface area contributed by atoms with E-state index >= 15 is 0 Å². The number of ketones is 1. The molecule has 1 aliphatic carbocycles. The van der Waals surface area contributed by atoms with Gasteiger partial charge in [-0.1, -0.05) is 31.2 Å². The number of likely N-dealkylation sites (tertiary alicyclic amines) is 1. The smallest absolute Gasteiger partial charge is 0.311 e. The van der Waals surface area contributed by atoms with Gasteiger partial charge in [0, 0.05) is 36.2 Å². The van der Waals surface area contributed by atoms with Crippen LogP contribution in [-0.2, 0) is 16.1 Å². The summed E-state index contributed by atoms with van der Waals surface area (Å²) in [4.78, 5) is 26.7. The van der Waals surface area contributed by atoms with Gasteiger partial charge < -0.3 is 4.74 Å². The number of halogens is 2. The molecular weight excluding hydrogens is 465 g/mol. The highest BCUT2D eigenvalue weighted by Gasteiger charge is 2.40. The van der Waals surface area contributed by atoms with Crippen LogP contribution >= 0.6 is 25.0 Å². The number of allylic oxidation sites excluding steroid dienone is 1. The first-order valence-corrected chi connectivity index (χ1v) is 11.6. The van der Waals surface area contributed by atoms with Gasteiger partial charge in [-0.05, 0) is 30.9 Å². The van der Waals surface area contributed by atoms with E-state index < -0.39 is 6.04 Å². The summed E-state index contributed by atoms with van der Waals surface area (Å²) < 4.78 is 21.5. The Labute approximate surface area is 205 Å². The Morgan fingerprint density at radius 3 is 2.76 bits per heavy atom. The molecule has 0 spiro atoms. The van der Waals surface area contributed by atoms with Gasteiger partial charge in [-0.15, -0.1) is 12.4 Å². The molecule has 0 bridgehead atoms. The number of hydrogen-bond acceptors (Lipinski definition) is 6. The number of ether oxygens (including phenoxy) is 1. The zero-order valence-electron chi connectivity index (χ0n) is 18.5. The fourth-order valence-corrected chi connectivity index (χ4v) is 4.35. The summed E-state index contributed by atoms with van der Waals surface area (Å²) in [5.41, 5.74) is 1.53. The van der Waals surface area contributed by atoms with E-state index in [-0.39, 0.29) is 41.1 Å². The molecule has 2 unspecified atom stereocenters. The molecule has 0 radical (unpaired) electrons. The molecule has 2 aliphatic rings. The predicted octanol–water partition coefficient (Wildman–Crippen LogP) is 4.41. The maximum Gasteiger partial charge on any atom is 0.311 e. The van der Waals surface area contributed by atoms with Gasteiger partial charge in [0.15, 0.2) is 11.5 Å². The number of Topliss-reactive ketones (excluding diaryl/α,β-unsaturated/α-hetero) is 1. The predicted molar refractivity (Wildman–Crippen MR) is 129 cm³/mol. The third-order valence-corrected chi connectivity index (χ3v) is 6.58. The van der Waals surface area contributed by atoms with E-state index in [0.717, 1.165) is 24.8 Å². The zero-order valence-corrected chi connectivity index (χ0v) is 20.2. The Balaban J connectivity index is 0.00000306. The van der Waals surface area contributed by atoms with Crippen LogP contribution in [0.5, 0.6) is 5.75 Å². The molecule has 1 aliphatic heterocycles. The molecule has 33 heavy (non-hydrogen) atoms. The van der Waals surface area contributed by atoms with Crippen LogP contribution < -0.4 is 4.74 Å². The molecule has 2 heterocycles. The number of piperidine rings is 1. The van der Waals surface area contributed by atoms with E-state index in [0.29, 0.717) is 37.4 Å². The van der Waals surface area contributed by atoms with Crippen molar-refractivity contribution in [2.24, 2.45) is 5.92 Å². The number of nitrogens with zero attached hydrogens (tertiary/aromatic N) is 3. The minimum absolute atomic E-state index is 0. The number of esters is 1. The van der Waals surface area contributed by atoms with Crippen molar-refractivity contribution in [3.05, 3.63) is 59.7 Å². The maximum atomic E-state index is 14.6. The summed E-state index contributed by atoms with van der Waals surface area (Å²) in [6.45, 7) is 3.46. The molecule has 6 nitrogen and oxygen atoms in total. The highest BCUT2D eigenvalue weighted by molar-refractivity contribution is 7.81. The third kappa shape index (κ3) is 6.25. The second-order valence-corrected chi connectivity index (χ2v) is 9.00. The van der Waals surface area contributed by atoms with Crippen LogP contribution in [0.15, 0.2) is 48.3 Å². The van der Waals surface area contributed by atoms with Crippen molar-refractivity contribution in [1.82, 2.24) is 14.7 Å². The minimum Gasteiger partial charge on any atom is -0.423 e. The maximum absolute atomic E-state index is 14.6. The molecule has 1 saturated heterocycles. The van der Waals surface area contributed by atoms with Gasteiger partial charge in [0.25, 0.3) is 0 Å². The van der Waals surface area contributed by atoms with E-state index in [9.17, 15) is 14.0 Å². The number of carbonyl (C=O) groups is 2. The van der Waals surface area contributed by atoms with Gasteiger partial charge in [-0.25, -0.2) is 4.39 Å². The van der Waals surface area contributed by atoms with Gasteiger partial charge in [0.1, 0.15) is 5.82 Å². The first kappa shape index (κ1) is 25.5. The Morgan fingerprint density at radius 1 is 1.30 bits per heavy atom. The first-order valence-electron chi connectivity index (χ1n) is 11.1. The Kier molecular flexibility index (Phi) is 8.73. The lowest BCUT2D eigenvalue weighted by Crippen LogP contribution is -2.42. The van der Waals surface area contributed by atoms with Crippen molar-refractivity contribution >= 4 is 36.8 Å². The van der Waals surface area contributed by atoms with Gasteiger partial charge in [0.05, 0.1) is 25.0 Å². The van der Waals surface area contributed by atoms with Gasteiger partial charge in [-0.3, -0.25) is 19.2 Å². The van der Waals surface area contributed by atoms with Crippen molar-refractivity contribution in [2.45, 2.75) is 50.4 Å². The molecule has 2 aromatic rings. The van der Waals surface area contributed by atoms with E-state index in [1.54, 1.807) is 36.0 Å². The topological polar surface area (TPSA) is 64.4 Å². The Hall–Kier alpha value is -2.16. The largest absolute Gasteiger partial charge is 0.423 e. The van der Waals surface area contributed by atoms with Crippen LogP contribution in [0.3, 0.4) is 0 Å². The molecule has 0 N–H and O–H groups in total. The molecule has 2 fully saturated rings. The number of hydrogen-bond donors (Lipinski definition) is 1. The second-order valence-electron chi connectivity index (χ2n) is 8.38. The number of aromatic nitrogens is 2. The Bertz CT molecular complexity index is 1020. The monoisotopic (exact) mass is 493 g/mol. The number of benzene rings is 1. The number of thiol groups is 1. The van der Waals surface area contributed by atoms with Crippen molar-refractivity contribution in [2.75, 3.05) is 13.1 Å². The highest BCUT2D eigenvalue weighted by Crippen LogP contribution is 2.39. The normalized spacial score (nSPS) is 20.8. The summed E-state index contributed by atoms with van der Waals surface area (Å²) in [7, 11) is 0. The van der Waals surface area contributed by atoms with E-state index in [1.165, 1.54) is 12.3 Å². The van der Waals surface area contributed by atoms with Crippen LogP contribution in [0.25, 0.3) is 0 Å². The number of rotatable bonds is 8. The van der Waals surface area contributed by atoms with Crippen LogP contribution in [-0.4, -0.2) is 44.8 Å². The lowest BCUT2D eigenvalue weighted by molar-refractivity contribution is -0.134. The van der Waals surface area contributed by atoms with Crippen molar-refractivity contribution in [1.29, 1.82) is 0 Å². The van der Waals surface area contributed by atoms with Crippen molar-refractivity contribution in [3.63, 3.8) is 0 Å². The van der Waals surface area contributed by atoms with Crippen LogP contribution in [0.2, 0.25) is 0 Å². The first-order chi connectivity index (χ1) is 15.5. The van der Waals surface area contributed by atoms with Crippen LogP contribution in [0.1, 0.15) is 44.2 Å². The lowest BCUT2D eigenvalue weighted by atomic mass is 9.93. The van der Waals surface area contributed by atoms with Gasteiger partial charge in [0.2, 0.25) is 0 Å². The average molecular weight is 494 g/mol. The zero-order chi connectivity index (χ0) is 22.7. The van der Waals surface area contributed by atoms with Gasteiger partial charge in [-0.2, -0.15) is 17.7 Å². The van der Waals surface area contributed by atoms with Crippen LogP contribution in [0, 0.1) is 11.7 Å². The van der Waals surface area contributed by atoms with Gasteiger partial charge >= 0.3 is 5.97 Å². The fourth-order valence-electron chi connectivity index (χ4n) is 4.04.